The van der Waals surface area contributed by atoms with Crippen molar-refractivity contribution in [1.29, 1.82) is 0 Å². The van der Waals surface area contributed by atoms with Gasteiger partial charge in [0.1, 0.15) is 0 Å². The van der Waals surface area contributed by atoms with E-state index in [0.29, 0.717) is 12.2 Å². The number of thioether (sulfide) groups is 1. The molecule has 3 heteroatoms. The molecule has 2 rings (SSSR count). The van der Waals surface area contributed by atoms with Gasteiger partial charge in [-0.15, -0.1) is 11.8 Å². The quantitative estimate of drug-likeness (QED) is 0.838. The van der Waals surface area contributed by atoms with Crippen LogP contribution in [0.3, 0.4) is 0 Å². The van der Waals surface area contributed by atoms with E-state index in [9.17, 15) is 5.11 Å². The molecule has 0 bridgehead atoms. The van der Waals surface area contributed by atoms with Crippen LogP contribution in [0.15, 0.2) is 53.7 Å². The molecular formula is C15H17NOS. The van der Waals surface area contributed by atoms with Crippen molar-refractivity contribution in [3.63, 3.8) is 0 Å². The molecular weight excluding hydrogens is 242 g/mol. The molecule has 0 saturated heterocycles. The van der Waals surface area contributed by atoms with Crippen LogP contribution in [-0.2, 0) is 6.42 Å². The molecule has 1 unspecified atom stereocenters. The minimum Gasteiger partial charge on any atom is -0.392 e. The topological polar surface area (TPSA) is 33.1 Å². The average Bonchev–Trinajstić information content (AvgIpc) is 2.39. The van der Waals surface area contributed by atoms with Crippen molar-refractivity contribution < 1.29 is 5.11 Å². The molecule has 0 aliphatic heterocycles. The van der Waals surface area contributed by atoms with Crippen molar-refractivity contribution in [1.82, 2.24) is 4.98 Å². The second-order valence-corrected chi connectivity index (χ2v) is 5.43. The molecule has 2 aromatic rings. The number of aryl methyl sites for hydroxylation is 1. The number of nitrogens with zero attached hydrogens (tertiary/aromatic N) is 1. The van der Waals surface area contributed by atoms with Crippen LogP contribution in [0.5, 0.6) is 0 Å². The first kappa shape index (κ1) is 13.1. The van der Waals surface area contributed by atoms with Gasteiger partial charge in [-0.25, -0.2) is 0 Å². The van der Waals surface area contributed by atoms with Crippen molar-refractivity contribution in [2.75, 3.05) is 5.75 Å². The van der Waals surface area contributed by atoms with Crippen LogP contribution < -0.4 is 0 Å². The molecule has 0 spiro atoms. The van der Waals surface area contributed by atoms with Crippen LogP contribution >= 0.6 is 11.8 Å². The van der Waals surface area contributed by atoms with E-state index in [0.717, 1.165) is 5.56 Å². The summed E-state index contributed by atoms with van der Waals surface area (Å²) in [7, 11) is 0. The van der Waals surface area contributed by atoms with Gasteiger partial charge in [-0.3, -0.25) is 4.98 Å². The highest BCUT2D eigenvalue weighted by molar-refractivity contribution is 7.99. The van der Waals surface area contributed by atoms with E-state index in [1.807, 2.05) is 12.1 Å². The maximum atomic E-state index is 9.98. The van der Waals surface area contributed by atoms with Gasteiger partial charge in [0, 0.05) is 23.0 Å². The van der Waals surface area contributed by atoms with E-state index in [-0.39, 0.29) is 6.10 Å². The molecule has 1 heterocycles. The number of rotatable bonds is 5. The fourth-order valence-electron chi connectivity index (χ4n) is 1.68. The van der Waals surface area contributed by atoms with Crippen LogP contribution in [0, 0.1) is 6.92 Å². The Hall–Kier alpha value is -1.32. The van der Waals surface area contributed by atoms with Crippen LogP contribution in [0.25, 0.3) is 0 Å². The summed E-state index contributed by atoms with van der Waals surface area (Å²) in [6, 6.07) is 12.3. The van der Waals surface area contributed by atoms with Gasteiger partial charge in [0.05, 0.1) is 6.10 Å². The highest BCUT2D eigenvalue weighted by atomic mass is 32.2. The summed E-state index contributed by atoms with van der Waals surface area (Å²) >= 11 is 1.69. The molecule has 18 heavy (non-hydrogen) atoms. The SMILES string of the molecule is Cc1ccc(SCC(O)Cc2ccncc2)cc1. The lowest BCUT2D eigenvalue weighted by molar-refractivity contribution is 0.200. The van der Waals surface area contributed by atoms with Crippen molar-refractivity contribution in [3.05, 3.63) is 59.9 Å². The standard InChI is InChI=1S/C15H17NOS/c1-12-2-4-15(5-3-12)18-11-14(17)10-13-6-8-16-9-7-13/h2-9,14,17H,10-11H2,1H3. The highest BCUT2D eigenvalue weighted by Crippen LogP contribution is 2.20. The van der Waals surface area contributed by atoms with Gasteiger partial charge in [-0.1, -0.05) is 17.7 Å². The molecule has 1 aromatic carbocycles. The first-order valence-electron chi connectivity index (χ1n) is 6.00. The minimum absolute atomic E-state index is 0.321. The minimum atomic E-state index is -0.321. The third kappa shape index (κ3) is 4.17. The van der Waals surface area contributed by atoms with Crippen LogP contribution in [0.4, 0.5) is 0 Å². The summed E-state index contributed by atoms with van der Waals surface area (Å²) in [4.78, 5) is 5.17. The van der Waals surface area contributed by atoms with Gasteiger partial charge in [-0.2, -0.15) is 0 Å². The molecule has 1 aromatic heterocycles. The highest BCUT2D eigenvalue weighted by Gasteiger charge is 2.06. The van der Waals surface area contributed by atoms with E-state index in [1.54, 1.807) is 24.2 Å². The molecule has 2 nitrogen and oxygen atoms in total. The van der Waals surface area contributed by atoms with Crippen molar-refractivity contribution in [2.45, 2.75) is 24.3 Å². The molecule has 1 N–H and O–H groups in total. The lowest BCUT2D eigenvalue weighted by Gasteiger charge is -2.10. The van der Waals surface area contributed by atoms with E-state index < -0.39 is 0 Å². The number of aliphatic hydroxyl groups is 1. The van der Waals surface area contributed by atoms with Gasteiger partial charge in [0.15, 0.2) is 0 Å². The van der Waals surface area contributed by atoms with Gasteiger partial charge in [0.2, 0.25) is 0 Å². The zero-order valence-electron chi connectivity index (χ0n) is 10.4. The summed E-state index contributed by atoms with van der Waals surface area (Å²) in [5.74, 6) is 0.714. The number of hydrogen-bond donors (Lipinski definition) is 1. The van der Waals surface area contributed by atoms with Gasteiger partial charge in [-0.05, 0) is 43.2 Å². The number of benzene rings is 1. The summed E-state index contributed by atoms with van der Waals surface area (Å²) in [5.41, 5.74) is 2.39. The maximum Gasteiger partial charge on any atom is 0.0674 e. The second-order valence-electron chi connectivity index (χ2n) is 4.34. The van der Waals surface area contributed by atoms with Gasteiger partial charge >= 0.3 is 0 Å². The zero-order valence-corrected chi connectivity index (χ0v) is 11.2. The molecule has 0 aliphatic rings. The largest absolute Gasteiger partial charge is 0.392 e. The van der Waals surface area contributed by atoms with Crippen LogP contribution in [-0.4, -0.2) is 21.9 Å². The third-order valence-electron chi connectivity index (χ3n) is 2.68. The Kier molecular flexibility index (Phi) is 4.79. The predicted molar refractivity (Wildman–Crippen MR) is 75.9 cm³/mol. The van der Waals surface area contributed by atoms with Gasteiger partial charge in [0.25, 0.3) is 0 Å². The summed E-state index contributed by atoms with van der Waals surface area (Å²) in [6.07, 6.45) is 3.88. The number of aromatic nitrogens is 1. The van der Waals surface area contributed by atoms with Crippen molar-refractivity contribution >= 4 is 11.8 Å². The maximum absolute atomic E-state index is 9.98. The van der Waals surface area contributed by atoms with E-state index in [1.165, 1.54) is 10.5 Å². The molecule has 1 atom stereocenters. The van der Waals surface area contributed by atoms with Crippen LogP contribution in [0.2, 0.25) is 0 Å². The third-order valence-corrected chi connectivity index (χ3v) is 3.84. The first-order chi connectivity index (χ1) is 8.74. The van der Waals surface area contributed by atoms with E-state index in [4.69, 9.17) is 0 Å². The number of pyridine rings is 1. The summed E-state index contributed by atoms with van der Waals surface area (Å²) in [6.45, 7) is 2.08. The van der Waals surface area contributed by atoms with Crippen molar-refractivity contribution in [2.24, 2.45) is 0 Å². The molecule has 0 aliphatic carbocycles. The summed E-state index contributed by atoms with van der Waals surface area (Å²) in [5, 5.41) is 9.98. The van der Waals surface area contributed by atoms with Crippen LogP contribution in [0.1, 0.15) is 11.1 Å². The van der Waals surface area contributed by atoms with Gasteiger partial charge < -0.3 is 5.11 Å². The molecule has 94 valence electrons. The smallest absolute Gasteiger partial charge is 0.0674 e. The zero-order chi connectivity index (χ0) is 12.8. The first-order valence-corrected chi connectivity index (χ1v) is 6.99. The van der Waals surface area contributed by atoms with Crippen molar-refractivity contribution in [3.8, 4) is 0 Å². The number of hydrogen-bond acceptors (Lipinski definition) is 3. The lowest BCUT2D eigenvalue weighted by atomic mass is 10.1. The Morgan fingerprint density at radius 2 is 1.78 bits per heavy atom. The second kappa shape index (κ2) is 6.57. The fraction of sp³-hybridized carbons (Fsp3) is 0.267. The lowest BCUT2D eigenvalue weighted by Crippen LogP contribution is -2.13. The average molecular weight is 259 g/mol. The molecule has 0 saturated carbocycles. The Labute approximate surface area is 112 Å². The number of aliphatic hydroxyl groups excluding tert-OH is 1. The molecule has 0 amide bonds. The predicted octanol–water partition coefficient (Wildman–Crippen LogP) is 3.09. The molecule has 0 radical (unpaired) electrons. The molecule has 0 fully saturated rings. The fourth-order valence-corrected chi connectivity index (χ4v) is 2.51. The van der Waals surface area contributed by atoms with E-state index >= 15 is 0 Å². The monoisotopic (exact) mass is 259 g/mol. The normalized spacial score (nSPS) is 12.3. The Bertz CT molecular complexity index is 470. The van der Waals surface area contributed by atoms with E-state index in [2.05, 4.69) is 36.2 Å². The Morgan fingerprint density at radius 3 is 2.44 bits per heavy atom. The summed E-state index contributed by atoms with van der Waals surface area (Å²) < 4.78 is 0. The Balaban J connectivity index is 1.81. The Morgan fingerprint density at radius 1 is 1.11 bits per heavy atom.